The lowest BCUT2D eigenvalue weighted by atomic mass is 10.0. The van der Waals surface area contributed by atoms with Crippen LogP contribution in [-0.4, -0.2) is 10.1 Å². The van der Waals surface area contributed by atoms with Crippen molar-refractivity contribution in [3.63, 3.8) is 0 Å². The fourth-order valence-corrected chi connectivity index (χ4v) is 2.85. The molecule has 0 radical (unpaired) electrons. The summed E-state index contributed by atoms with van der Waals surface area (Å²) in [5.74, 6) is 0. The Morgan fingerprint density at radius 1 is 1.17 bits per heavy atom. The molecule has 2 rings (SSSR count). The van der Waals surface area contributed by atoms with Crippen molar-refractivity contribution in [2.45, 2.75) is 40.2 Å². The first-order valence-corrected chi connectivity index (χ1v) is 6.97. The minimum Gasteiger partial charge on any atom is -0.388 e. The Morgan fingerprint density at radius 2 is 1.89 bits per heavy atom. The molecular weight excluding hydrogens is 242 g/mol. The van der Waals surface area contributed by atoms with Crippen LogP contribution in [0.3, 0.4) is 0 Å². The van der Waals surface area contributed by atoms with Crippen molar-refractivity contribution < 1.29 is 5.11 Å². The van der Waals surface area contributed by atoms with Gasteiger partial charge < -0.3 is 5.11 Å². The summed E-state index contributed by atoms with van der Waals surface area (Å²) in [6.07, 6.45) is 0.135. The van der Waals surface area contributed by atoms with Gasteiger partial charge in [0.05, 0.1) is 16.8 Å². The molecule has 96 valence electrons. The lowest BCUT2D eigenvalue weighted by Gasteiger charge is -2.11. The minimum atomic E-state index is -0.464. The summed E-state index contributed by atoms with van der Waals surface area (Å²) in [5, 5.41) is 11.3. The van der Waals surface area contributed by atoms with Crippen LogP contribution in [0.2, 0.25) is 0 Å². The van der Waals surface area contributed by atoms with Gasteiger partial charge in [0, 0.05) is 11.3 Å². The molecule has 0 aliphatic heterocycles. The number of aromatic nitrogens is 1. The Kier molecular flexibility index (Phi) is 3.83. The molecule has 0 saturated heterocycles. The van der Waals surface area contributed by atoms with Crippen molar-refractivity contribution in [2.24, 2.45) is 0 Å². The molecule has 0 bridgehead atoms. The summed E-state index contributed by atoms with van der Waals surface area (Å²) in [4.78, 5) is 5.71. The van der Waals surface area contributed by atoms with Gasteiger partial charge in [-0.15, -0.1) is 11.3 Å². The zero-order chi connectivity index (χ0) is 13.3. The highest BCUT2D eigenvalue weighted by Crippen LogP contribution is 2.24. The van der Waals surface area contributed by atoms with Crippen LogP contribution in [0.5, 0.6) is 0 Å². The minimum absolute atomic E-state index is 0.464. The molecule has 0 fully saturated rings. The van der Waals surface area contributed by atoms with Crippen LogP contribution in [0.4, 0.5) is 0 Å². The molecule has 1 aromatic heterocycles. The zero-order valence-corrected chi connectivity index (χ0v) is 12.1. The van der Waals surface area contributed by atoms with Crippen molar-refractivity contribution in [2.75, 3.05) is 0 Å². The molecule has 1 aromatic carbocycles. The van der Waals surface area contributed by atoms with Gasteiger partial charge in [0.15, 0.2) is 0 Å². The van der Waals surface area contributed by atoms with Gasteiger partial charge in [-0.3, -0.25) is 0 Å². The number of nitrogens with zero attached hydrogens (tertiary/aromatic N) is 1. The van der Waals surface area contributed by atoms with Crippen molar-refractivity contribution in [1.29, 1.82) is 0 Å². The second kappa shape index (κ2) is 5.21. The zero-order valence-electron chi connectivity index (χ0n) is 11.3. The lowest BCUT2D eigenvalue weighted by molar-refractivity contribution is 0.178. The van der Waals surface area contributed by atoms with E-state index in [4.69, 9.17) is 0 Å². The van der Waals surface area contributed by atoms with Crippen LogP contribution in [-0.2, 0) is 6.42 Å². The van der Waals surface area contributed by atoms with Crippen LogP contribution in [0.25, 0.3) is 0 Å². The monoisotopic (exact) mass is 261 g/mol. The van der Waals surface area contributed by atoms with E-state index in [2.05, 4.69) is 37.9 Å². The molecule has 2 nitrogen and oxygen atoms in total. The summed E-state index contributed by atoms with van der Waals surface area (Å²) >= 11 is 1.67. The van der Waals surface area contributed by atoms with E-state index in [-0.39, 0.29) is 0 Å². The summed E-state index contributed by atoms with van der Waals surface area (Å²) in [5.41, 5.74) is 4.52. The van der Waals surface area contributed by atoms with E-state index in [1.54, 1.807) is 11.3 Å². The highest BCUT2D eigenvalue weighted by molar-refractivity contribution is 7.11. The summed E-state index contributed by atoms with van der Waals surface area (Å²) in [6, 6.07) is 6.12. The largest absolute Gasteiger partial charge is 0.388 e. The summed E-state index contributed by atoms with van der Waals surface area (Å²) in [7, 11) is 0. The van der Waals surface area contributed by atoms with Crippen molar-refractivity contribution in [1.82, 2.24) is 4.98 Å². The molecule has 1 N–H and O–H groups in total. The van der Waals surface area contributed by atoms with Crippen LogP contribution in [0.15, 0.2) is 18.2 Å². The molecular formula is C15H19NOS. The fraction of sp³-hybridized carbons (Fsp3) is 0.400. The maximum atomic E-state index is 10.3. The van der Waals surface area contributed by atoms with Gasteiger partial charge in [-0.25, -0.2) is 4.98 Å². The molecule has 0 aliphatic carbocycles. The molecule has 1 atom stereocenters. The summed E-state index contributed by atoms with van der Waals surface area (Å²) < 4.78 is 0. The third-order valence-electron chi connectivity index (χ3n) is 3.36. The highest BCUT2D eigenvalue weighted by Gasteiger charge is 2.12. The molecule has 1 heterocycles. The Hall–Kier alpha value is -1.19. The third kappa shape index (κ3) is 2.79. The predicted molar refractivity (Wildman–Crippen MR) is 76.2 cm³/mol. The van der Waals surface area contributed by atoms with E-state index < -0.39 is 6.10 Å². The number of thiazole rings is 1. The topological polar surface area (TPSA) is 33.1 Å². The second-order valence-electron chi connectivity index (χ2n) is 4.81. The van der Waals surface area contributed by atoms with Crippen molar-refractivity contribution in [3.8, 4) is 0 Å². The fourth-order valence-electron chi connectivity index (χ4n) is 1.88. The van der Waals surface area contributed by atoms with Gasteiger partial charge >= 0.3 is 0 Å². The predicted octanol–water partition coefficient (Wildman–Crippen LogP) is 3.65. The smallest absolute Gasteiger partial charge is 0.0960 e. The first-order chi connectivity index (χ1) is 8.47. The first-order valence-electron chi connectivity index (χ1n) is 6.15. The van der Waals surface area contributed by atoms with E-state index >= 15 is 0 Å². The Labute approximate surface area is 112 Å². The maximum absolute atomic E-state index is 10.3. The van der Waals surface area contributed by atoms with Gasteiger partial charge in [-0.1, -0.05) is 18.2 Å². The average molecular weight is 261 g/mol. The van der Waals surface area contributed by atoms with E-state index in [0.717, 1.165) is 16.3 Å². The van der Waals surface area contributed by atoms with Crippen LogP contribution in [0, 0.1) is 27.7 Å². The van der Waals surface area contributed by atoms with Gasteiger partial charge in [-0.05, 0) is 44.4 Å². The molecule has 1 unspecified atom stereocenters. The lowest BCUT2D eigenvalue weighted by Crippen LogP contribution is -2.02. The second-order valence-corrected chi connectivity index (χ2v) is 6.10. The number of aliphatic hydroxyl groups is 1. The number of aryl methyl sites for hydroxylation is 4. The molecule has 2 aromatic rings. The van der Waals surface area contributed by atoms with E-state index in [0.29, 0.717) is 6.42 Å². The van der Waals surface area contributed by atoms with E-state index in [1.165, 1.54) is 16.0 Å². The van der Waals surface area contributed by atoms with Gasteiger partial charge in [0.1, 0.15) is 0 Å². The molecule has 3 heteroatoms. The average Bonchev–Trinajstić information content (AvgIpc) is 2.61. The number of rotatable bonds is 3. The standard InChI is InChI=1S/C15H19NOS/c1-9-5-6-13(7-10(9)2)14(17)8-15-16-11(3)12(4)18-15/h5-7,14,17H,8H2,1-4H3. The Balaban J connectivity index is 2.16. The van der Waals surface area contributed by atoms with Crippen LogP contribution in [0.1, 0.15) is 38.4 Å². The van der Waals surface area contributed by atoms with E-state index in [9.17, 15) is 5.11 Å². The first kappa shape index (κ1) is 13.2. The third-order valence-corrected chi connectivity index (χ3v) is 4.45. The Bertz CT molecular complexity index is 540. The van der Waals surface area contributed by atoms with Crippen molar-refractivity contribution >= 4 is 11.3 Å². The van der Waals surface area contributed by atoms with Crippen LogP contribution < -0.4 is 0 Å². The van der Waals surface area contributed by atoms with Gasteiger partial charge in [0.2, 0.25) is 0 Å². The van der Waals surface area contributed by atoms with Gasteiger partial charge in [0.25, 0.3) is 0 Å². The maximum Gasteiger partial charge on any atom is 0.0960 e. The van der Waals surface area contributed by atoms with Crippen molar-refractivity contribution in [3.05, 3.63) is 50.5 Å². The highest BCUT2D eigenvalue weighted by atomic mass is 32.1. The molecule has 0 aliphatic rings. The number of aliphatic hydroxyl groups excluding tert-OH is 1. The number of hydrogen-bond acceptors (Lipinski definition) is 3. The normalized spacial score (nSPS) is 12.7. The number of hydrogen-bond donors (Lipinski definition) is 1. The molecule has 0 saturated carbocycles. The Morgan fingerprint density at radius 3 is 2.44 bits per heavy atom. The molecule has 0 spiro atoms. The number of benzene rings is 1. The van der Waals surface area contributed by atoms with Gasteiger partial charge in [-0.2, -0.15) is 0 Å². The quantitative estimate of drug-likeness (QED) is 0.914. The van der Waals surface area contributed by atoms with Crippen LogP contribution >= 0.6 is 11.3 Å². The molecule has 18 heavy (non-hydrogen) atoms. The molecule has 0 amide bonds. The SMILES string of the molecule is Cc1ccc(C(O)Cc2nc(C)c(C)s2)cc1C. The summed E-state index contributed by atoms with van der Waals surface area (Å²) in [6.45, 7) is 8.24. The van der Waals surface area contributed by atoms with E-state index in [1.807, 2.05) is 13.0 Å².